The normalized spacial score (nSPS) is 12.5. The number of rotatable bonds is 60. The molecule has 0 saturated heterocycles. The van der Waals surface area contributed by atoms with Gasteiger partial charge in [-0.3, -0.25) is 19.2 Å². The van der Waals surface area contributed by atoms with Crippen LogP contribution >= 0.6 is 47.0 Å². The van der Waals surface area contributed by atoms with Gasteiger partial charge in [-0.2, -0.15) is 47.0 Å². The van der Waals surface area contributed by atoms with Gasteiger partial charge in [-0.25, -0.2) is 0 Å². The lowest BCUT2D eigenvalue weighted by atomic mass is 9.93. The van der Waals surface area contributed by atoms with Crippen molar-refractivity contribution in [3.63, 3.8) is 0 Å². The van der Waals surface area contributed by atoms with Crippen LogP contribution in [-0.2, 0) is 19.2 Å². The lowest BCUT2D eigenvalue weighted by molar-refractivity contribution is -0.141. The first-order chi connectivity index (χ1) is 41.0. The molecule has 8 N–H and O–H groups in total. The zero-order valence-electron chi connectivity index (χ0n) is 56.4. The van der Waals surface area contributed by atoms with Crippen LogP contribution in [0.1, 0.15) is 312 Å². The first-order valence-corrected chi connectivity index (χ1v) is 39.2. The zero-order chi connectivity index (χ0) is 64.7. The number of unbranched alkanes of at least 4 members (excludes halogenated alkanes) is 36. The van der Waals surface area contributed by atoms with Crippen LogP contribution < -0.4 is 0 Å². The molecule has 0 amide bonds. The van der Waals surface area contributed by atoms with Crippen LogP contribution in [0.25, 0.3) is 0 Å². The third-order valence-corrected chi connectivity index (χ3v) is 20.3. The summed E-state index contributed by atoms with van der Waals surface area (Å²) in [5.41, 5.74) is -1.11. The standard InChI is InChI=1S/4C16H32O2S.C5H12O4/c4*1-3-4-5-6-7-8-9-10-11-12-13-19-14-15(2)16(17)18;6-1-5(2-7,3-8)4-9/h4*15H,3-14H2,1-2H3,(H,17,18);6-9H,1-4H2. The van der Waals surface area contributed by atoms with Gasteiger partial charge in [0.1, 0.15) is 0 Å². The van der Waals surface area contributed by atoms with E-state index in [1.54, 1.807) is 74.7 Å². The maximum absolute atomic E-state index is 10.6. The number of hydrogen-bond acceptors (Lipinski definition) is 12. The van der Waals surface area contributed by atoms with Gasteiger partial charge in [0.15, 0.2) is 0 Å². The van der Waals surface area contributed by atoms with Gasteiger partial charge in [0, 0.05) is 23.0 Å². The monoisotopic (exact) mass is 1290 g/mol. The molecular formula is C69H140O12S4. The molecule has 0 aromatic rings. The Labute approximate surface area is 541 Å². The van der Waals surface area contributed by atoms with E-state index in [1.807, 2.05) is 0 Å². The average molecular weight is 1290 g/mol. The van der Waals surface area contributed by atoms with E-state index in [2.05, 4.69) is 27.7 Å². The summed E-state index contributed by atoms with van der Waals surface area (Å²) in [5.74, 6) is 4.02. The molecule has 12 nitrogen and oxygen atoms in total. The van der Waals surface area contributed by atoms with E-state index < -0.39 is 55.7 Å². The first kappa shape index (κ1) is 92.8. The van der Waals surface area contributed by atoms with Crippen LogP contribution in [0.4, 0.5) is 0 Å². The molecule has 0 saturated carbocycles. The molecular weight excluding hydrogens is 1150 g/mol. The maximum Gasteiger partial charge on any atom is 0.307 e. The summed E-state index contributed by atoms with van der Waals surface area (Å²) < 4.78 is 0. The Kier molecular flexibility index (Phi) is 84.5. The minimum absolute atomic E-state index is 0.201. The molecule has 0 aliphatic rings. The topological polar surface area (TPSA) is 230 Å². The van der Waals surface area contributed by atoms with Crippen molar-refractivity contribution in [1.82, 2.24) is 0 Å². The summed E-state index contributed by atoms with van der Waals surface area (Å²) in [7, 11) is 0. The van der Waals surface area contributed by atoms with Crippen molar-refractivity contribution in [2.75, 3.05) is 72.5 Å². The van der Waals surface area contributed by atoms with Gasteiger partial charge in [0.2, 0.25) is 0 Å². The molecule has 4 unspecified atom stereocenters. The predicted octanol–water partition coefficient (Wildman–Crippen LogP) is 19.4. The highest BCUT2D eigenvalue weighted by molar-refractivity contribution is 7.99. The van der Waals surface area contributed by atoms with Crippen molar-refractivity contribution in [2.45, 2.75) is 312 Å². The zero-order valence-corrected chi connectivity index (χ0v) is 59.7. The van der Waals surface area contributed by atoms with Crippen molar-refractivity contribution in [3.05, 3.63) is 0 Å². The highest BCUT2D eigenvalue weighted by Gasteiger charge is 2.26. The van der Waals surface area contributed by atoms with Crippen molar-refractivity contribution in [3.8, 4) is 0 Å². The van der Waals surface area contributed by atoms with E-state index in [9.17, 15) is 19.2 Å². The van der Waals surface area contributed by atoms with Gasteiger partial charge in [-0.1, -0.05) is 287 Å². The molecule has 512 valence electrons. The van der Waals surface area contributed by atoms with Gasteiger partial charge < -0.3 is 40.9 Å². The molecule has 0 heterocycles. The van der Waals surface area contributed by atoms with Crippen LogP contribution in [0.15, 0.2) is 0 Å². The molecule has 0 aliphatic heterocycles. The Balaban J connectivity index is -0.000000319. The molecule has 0 fully saturated rings. The van der Waals surface area contributed by atoms with Crippen LogP contribution in [0.2, 0.25) is 0 Å². The van der Waals surface area contributed by atoms with E-state index >= 15 is 0 Å². The van der Waals surface area contributed by atoms with Crippen molar-refractivity contribution in [1.29, 1.82) is 0 Å². The number of hydrogen-bond donors (Lipinski definition) is 8. The Bertz CT molecular complexity index is 1150. The second-order valence-electron chi connectivity index (χ2n) is 24.1. The van der Waals surface area contributed by atoms with E-state index in [0.29, 0.717) is 0 Å². The largest absolute Gasteiger partial charge is 0.481 e. The molecule has 0 aromatic carbocycles. The van der Waals surface area contributed by atoms with E-state index in [4.69, 9.17) is 40.9 Å². The molecule has 0 radical (unpaired) electrons. The summed E-state index contributed by atoms with van der Waals surface area (Å²) in [6, 6.07) is 0. The number of carboxylic acids is 4. The van der Waals surface area contributed by atoms with Crippen molar-refractivity contribution in [2.24, 2.45) is 29.1 Å². The third-order valence-electron chi connectivity index (χ3n) is 15.1. The summed E-state index contributed by atoms with van der Waals surface area (Å²) in [4.78, 5) is 42.5. The fourth-order valence-electron chi connectivity index (χ4n) is 8.39. The minimum Gasteiger partial charge on any atom is -0.481 e. The first-order valence-electron chi connectivity index (χ1n) is 34.6. The molecule has 0 aliphatic carbocycles. The summed E-state index contributed by atoms with van der Waals surface area (Å²) in [6.07, 6.45) is 54.5. The fourth-order valence-corrected chi connectivity index (χ4v) is 12.7. The predicted molar refractivity (Wildman–Crippen MR) is 375 cm³/mol. The third kappa shape index (κ3) is 79.2. The quantitative estimate of drug-likeness (QED) is 0.0265. The van der Waals surface area contributed by atoms with Crippen molar-refractivity contribution >= 4 is 70.9 Å². The van der Waals surface area contributed by atoms with Gasteiger partial charge in [-0.15, -0.1) is 0 Å². The van der Waals surface area contributed by atoms with Gasteiger partial charge in [-0.05, 0) is 48.7 Å². The highest BCUT2D eigenvalue weighted by Crippen LogP contribution is 2.19. The molecule has 85 heavy (non-hydrogen) atoms. The average Bonchev–Trinajstić information content (AvgIpc) is 3.49. The number of carbonyl (C=O) groups is 4. The fraction of sp³-hybridized carbons (Fsp3) is 0.942. The molecule has 0 rings (SSSR count). The molecule has 0 aromatic heterocycles. The molecule has 0 bridgehead atoms. The van der Waals surface area contributed by atoms with Crippen LogP contribution in [-0.4, -0.2) is 137 Å². The van der Waals surface area contributed by atoms with Gasteiger partial charge in [0.25, 0.3) is 0 Å². The number of thioether (sulfide) groups is 4. The summed E-state index contributed by atoms with van der Waals surface area (Å²) >= 11 is 7.14. The van der Waals surface area contributed by atoms with Gasteiger partial charge in [0.05, 0.1) is 55.5 Å². The van der Waals surface area contributed by atoms with Crippen LogP contribution in [0.5, 0.6) is 0 Å². The number of aliphatic hydroxyl groups excluding tert-OH is 4. The lowest BCUT2D eigenvalue weighted by Gasteiger charge is -2.23. The summed E-state index contributed by atoms with van der Waals surface area (Å²) in [5, 5.41) is 69.0. The van der Waals surface area contributed by atoms with Crippen LogP contribution in [0, 0.1) is 29.1 Å². The smallest absolute Gasteiger partial charge is 0.307 e. The molecule has 16 heteroatoms. The SMILES string of the molecule is CCCCCCCCCCCCSCC(C)C(=O)O.CCCCCCCCCCCCSCC(C)C(=O)O.CCCCCCCCCCCCSCC(C)C(=O)O.CCCCCCCCCCCCSCC(C)C(=O)O.OCC(CO)(CO)CO. The van der Waals surface area contributed by atoms with E-state index in [-0.39, 0.29) is 23.7 Å². The van der Waals surface area contributed by atoms with Crippen molar-refractivity contribution < 1.29 is 60.0 Å². The number of aliphatic hydroxyl groups is 4. The Morgan fingerprint density at radius 1 is 0.259 bits per heavy atom. The van der Waals surface area contributed by atoms with Gasteiger partial charge >= 0.3 is 23.9 Å². The molecule has 4 atom stereocenters. The second kappa shape index (κ2) is 77.4. The highest BCUT2D eigenvalue weighted by atomic mass is 32.2. The Hall–Kier alpha value is -0.880. The minimum atomic E-state index is -1.11. The number of carboxylic acid groups (broad SMARTS) is 4. The Morgan fingerprint density at radius 2 is 0.388 bits per heavy atom. The summed E-state index contributed by atoms with van der Waals surface area (Å²) in [6.45, 7) is 14.6. The molecule has 0 spiro atoms. The Morgan fingerprint density at radius 3 is 0.494 bits per heavy atom. The number of aliphatic carboxylic acids is 4. The lowest BCUT2D eigenvalue weighted by Crippen LogP contribution is -2.37. The van der Waals surface area contributed by atoms with Crippen LogP contribution in [0.3, 0.4) is 0 Å². The second-order valence-corrected chi connectivity index (χ2v) is 28.7. The van der Waals surface area contributed by atoms with E-state index in [1.165, 1.54) is 257 Å². The maximum atomic E-state index is 10.6. The van der Waals surface area contributed by atoms with E-state index in [0.717, 1.165) is 46.0 Å².